The van der Waals surface area contributed by atoms with Gasteiger partial charge in [-0.2, -0.15) is 0 Å². The number of allylic oxidation sites excluding steroid dienone is 4. The zero-order valence-corrected chi connectivity index (χ0v) is 6.69. The number of nitrogens with one attached hydrogen (secondary N) is 1. The average Bonchev–Trinajstić information content (AvgIpc) is 2.33. The monoisotopic (exact) mass is 166 g/mol. The Bertz CT molecular complexity index is 234. The van der Waals surface area contributed by atoms with Crippen molar-refractivity contribution in [2.24, 2.45) is 0 Å². The fourth-order valence-electron chi connectivity index (χ4n) is 0.867. The largest absolute Gasteiger partial charge is 1.00 e. The van der Waals surface area contributed by atoms with Crippen molar-refractivity contribution in [2.75, 3.05) is 6.61 Å². The molecule has 0 aromatic heterocycles. The molecule has 3 heteroatoms. The molecule has 0 spiro atoms. The quantitative estimate of drug-likeness (QED) is 0.504. The van der Waals surface area contributed by atoms with Crippen LogP contribution in [0.3, 0.4) is 0 Å². The van der Waals surface area contributed by atoms with Gasteiger partial charge in [0.25, 0.3) is 6.47 Å². The van der Waals surface area contributed by atoms with Crippen molar-refractivity contribution in [2.45, 2.75) is 6.42 Å². The molecule has 12 heavy (non-hydrogen) atoms. The van der Waals surface area contributed by atoms with E-state index in [0.717, 1.165) is 5.70 Å². The molecule has 1 heterocycles. The normalized spacial score (nSPS) is 14.5. The van der Waals surface area contributed by atoms with Crippen molar-refractivity contribution in [3.05, 3.63) is 36.2 Å². The van der Waals surface area contributed by atoms with E-state index >= 15 is 0 Å². The third-order valence-electron chi connectivity index (χ3n) is 1.44. The minimum absolute atomic E-state index is 0. The van der Waals surface area contributed by atoms with Gasteiger partial charge in [-0.25, -0.2) is 0 Å². The van der Waals surface area contributed by atoms with Gasteiger partial charge < -0.3 is 10.1 Å². The van der Waals surface area contributed by atoms with Crippen LogP contribution in [-0.2, 0) is 9.53 Å². The highest BCUT2D eigenvalue weighted by Gasteiger charge is 1.94. The van der Waals surface area contributed by atoms with Gasteiger partial charge in [0.1, 0.15) is 0 Å². The number of hydrogen-bond donors (Lipinski definition) is 1. The minimum atomic E-state index is 0. The lowest BCUT2D eigenvalue weighted by molar-refractivity contribution is -0.128. The van der Waals surface area contributed by atoms with E-state index in [1.165, 1.54) is 0 Å². The number of hydrogen-bond acceptors (Lipinski definition) is 3. The predicted octanol–water partition coefficient (Wildman–Crippen LogP) is 1.22. The van der Waals surface area contributed by atoms with E-state index < -0.39 is 0 Å². The first-order valence-electron chi connectivity index (χ1n) is 3.77. The van der Waals surface area contributed by atoms with E-state index in [9.17, 15) is 4.79 Å². The summed E-state index contributed by atoms with van der Waals surface area (Å²) in [6.45, 7) is 0.882. The van der Waals surface area contributed by atoms with Crippen LogP contribution in [0.2, 0.25) is 0 Å². The second-order valence-corrected chi connectivity index (χ2v) is 2.30. The van der Waals surface area contributed by atoms with Crippen molar-refractivity contribution in [3.63, 3.8) is 0 Å². The summed E-state index contributed by atoms with van der Waals surface area (Å²) in [5.41, 5.74) is 1.04. The van der Waals surface area contributed by atoms with Gasteiger partial charge in [0, 0.05) is 18.3 Å². The van der Waals surface area contributed by atoms with Crippen LogP contribution in [0, 0.1) is 0 Å². The fraction of sp³-hybridized carbons (Fsp3) is 0.222. The number of rotatable bonds is 4. The molecule has 0 bridgehead atoms. The van der Waals surface area contributed by atoms with Gasteiger partial charge in [-0.1, -0.05) is 12.2 Å². The predicted molar refractivity (Wildman–Crippen MR) is 47.2 cm³/mol. The van der Waals surface area contributed by atoms with Crippen LogP contribution in [-0.4, -0.2) is 13.1 Å². The average molecular weight is 166 g/mol. The third kappa shape index (κ3) is 3.05. The molecule has 0 fully saturated rings. The number of carbonyl (C=O) groups is 1. The van der Waals surface area contributed by atoms with Crippen molar-refractivity contribution in [1.82, 2.24) is 5.32 Å². The Kier molecular flexibility index (Phi) is 3.71. The molecule has 0 amide bonds. The van der Waals surface area contributed by atoms with Gasteiger partial charge in [-0.3, -0.25) is 4.79 Å². The topological polar surface area (TPSA) is 38.3 Å². The van der Waals surface area contributed by atoms with Gasteiger partial charge in [0.05, 0.1) is 6.61 Å². The van der Waals surface area contributed by atoms with E-state index in [-0.39, 0.29) is 1.43 Å². The molecule has 3 nitrogen and oxygen atoms in total. The Morgan fingerprint density at radius 2 is 2.42 bits per heavy atom. The molecule has 1 aliphatic heterocycles. The van der Waals surface area contributed by atoms with Crippen LogP contribution >= 0.6 is 0 Å². The number of ether oxygens (including phenoxy) is 1. The molecule has 0 radical (unpaired) electrons. The Morgan fingerprint density at radius 1 is 1.50 bits per heavy atom. The molecule has 0 unspecified atom stereocenters. The first-order valence-corrected chi connectivity index (χ1v) is 3.77. The van der Waals surface area contributed by atoms with Gasteiger partial charge in [0.15, 0.2) is 0 Å². The molecule has 0 aliphatic carbocycles. The maximum absolute atomic E-state index is 9.82. The highest BCUT2D eigenvalue weighted by atomic mass is 16.5. The Morgan fingerprint density at radius 3 is 3.25 bits per heavy atom. The van der Waals surface area contributed by atoms with E-state index in [0.29, 0.717) is 19.5 Å². The van der Waals surface area contributed by atoms with Gasteiger partial charge >= 0.3 is 1.43 Å². The van der Waals surface area contributed by atoms with E-state index in [4.69, 9.17) is 0 Å². The molecular formula is C9H12NO2+. The van der Waals surface area contributed by atoms with Crippen LogP contribution in [0.15, 0.2) is 36.2 Å². The van der Waals surface area contributed by atoms with E-state index in [2.05, 4.69) is 10.1 Å². The summed E-state index contributed by atoms with van der Waals surface area (Å²) >= 11 is 0. The van der Waals surface area contributed by atoms with Gasteiger partial charge in [0.2, 0.25) is 0 Å². The molecule has 0 aromatic rings. The van der Waals surface area contributed by atoms with E-state index in [1.807, 2.05) is 30.5 Å². The van der Waals surface area contributed by atoms with E-state index in [1.54, 1.807) is 0 Å². The second-order valence-electron chi connectivity index (χ2n) is 2.30. The Balaban J connectivity index is 0.00000144. The smallest absolute Gasteiger partial charge is 0.467 e. The molecule has 64 valence electrons. The minimum Gasteiger partial charge on any atom is -0.467 e. The maximum atomic E-state index is 9.82. The van der Waals surface area contributed by atoms with Crippen LogP contribution in [0.25, 0.3) is 0 Å². The van der Waals surface area contributed by atoms with Gasteiger partial charge in [-0.15, -0.1) is 0 Å². The lowest BCUT2D eigenvalue weighted by atomic mass is 10.3. The highest BCUT2D eigenvalue weighted by molar-refractivity contribution is 5.37. The molecule has 0 saturated carbocycles. The Hall–Kier alpha value is -1.51. The summed E-state index contributed by atoms with van der Waals surface area (Å²) in [6.07, 6.45) is 10.3. The summed E-state index contributed by atoms with van der Waals surface area (Å²) in [7, 11) is 0. The number of carbonyl (C=O) groups excluding carboxylic acids is 1. The molecule has 1 N–H and O–H groups in total. The Labute approximate surface area is 72.9 Å². The summed E-state index contributed by atoms with van der Waals surface area (Å²) in [6, 6.07) is 0. The highest BCUT2D eigenvalue weighted by Crippen LogP contribution is 2.00. The van der Waals surface area contributed by atoms with Crippen LogP contribution in [0.4, 0.5) is 0 Å². The van der Waals surface area contributed by atoms with Crippen molar-refractivity contribution in [3.8, 4) is 0 Å². The molecule has 0 saturated heterocycles. The SMILES string of the molecule is O=COCCC1=CC=CC=CN1.[H+]. The van der Waals surface area contributed by atoms with Gasteiger partial charge in [-0.05, 0) is 12.2 Å². The second kappa shape index (κ2) is 5.18. The first kappa shape index (κ1) is 8.59. The van der Waals surface area contributed by atoms with Crippen LogP contribution < -0.4 is 5.32 Å². The maximum Gasteiger partial charge on any atom is 1.00 e. The fourth-order valence-corrected chi connectivity index (χ4v) is 0.867. The molecule has 1 rings (SSSR count). The standard InChI is InChI=1S/C9H11NO2/c11-8-12-7-5-9-4-2-1-3-6-10-9/h1-4,6,8,10H,5,7H2/p+1. The van der Waals surface area contributed by atoms with Crippen molar-refractivity contribution >= 4 is 6.47 Å². The molecule has 0 atom stereocenters. The summed E-state index contributed by atoms with van der Waals surface area (Å²) < 4.78 is 4.57. The van der Waals surface area contributed by atoms with Crippen LogP contribution in [0.1, 0.15) is 7.85 Å². The molecular weight excluding hydrogens is 154 g/mol. The summed E-state index contributed by atoms with van der Waals surface area (Å²) in [5, 5.41) is 3.06. The van der Waals surface area contributed by atoms with Crippen molar-refractivity contribution in [1.29, 1.82) is 0 Å². The lowest BCUT2D eigenvalue weighted by Gasteiger charge is -2.03. The molecule has 0 aromatic carbocycles. The first-order chi connectivity index (χ1) is 5.93. The zero-order chi connectivity index (χ0) is 8.65. The summed E-state index contributed by atoms with van der Waals surface area (Å²) in [4.78, 5) is 9.82. The van der Waals surface area contributed by atoms with Crippen LogP contribution in [0.5, 0.6) is 0 Å². The lowest BCUT2D eigenvalue weighted by Crippen LogP contribution is -2.06. The third-order valence-corrected chi connectivity index (χ3v) is 1.44. The van der Waals surface area contributed by atoms with Crippen molar-refractivity contribution < 1.29 is 11.0 Å². The summed E-state index contributed by atoms with van der Waals surface area (Å²) in [5.74, 6) is 0. The molecule has 1 aliphatic rings. The zero-order valence-electron chi connectivity index (χ0n) is 7.69.